The van der Waals surface area contributed by atoms with E-state index >= 15 is 0 Å². The molecule has 0 saturated heterocycles. The van der Waals surface area contributed by atoms with Crippen LogP contribution in [0.3, 0.4) is 0 Å². The number of nitrogens with two attached hydrogens (primary N) is 1. The van der Waals surface area contributed by atoms with Crippen LogP contribution in [0.15, 0.2) is 48.5 Å². The molecule has 0 bridgehead atoms. The quantitative estimate of drug-likeness (QED) is 0.882. The van der Waals surface area contributed by atoms with Crippen molar-refractivity contribution in [2.75, 3.05) is 25.1 Å². The van der Waals surface area contributed by atoms with Gasteiger partial charge in [0.25, 0.3) is 0 Å². The minimum atomic E-state index is -0.0165. The molecule has 2 aromatic rings. The van der Waals surface area contributed by atoms with Gasteiger partial charge in [0.05, 0.1) is 7.11 Å². The van der Waals surface area contributed by atoms with E-state index < -0.39 is 0 Å². The first-order valence-electron chi connectivity index (χ1n) is 7.35. The molecule has 112 valence electrons. The first kappa shape index (κ1) is 15.4. The summed E-state index contributed by atoms with van der Waals surface area (Å²) in [5, 5.41) is 0. The maximum atomic E-state index is 6.35. The highest BCUT2D eigenvalue weighted by Gasteiger charge is 2.12. The van der Waals surface area contributed by atoms with E-state index in [0.717, 1.165) is 24.4 Å². The van der Waals surface area contributed by atoms with Gasteiger partial charge in [-0.15, -0.1) is 0 Å². The zero-order valence-corrected chi connectivity index (χ0v) is 13.0. The normalized spacial score (nSPS) is 12.0. The third kappa shape index (κ3) is 3.99. The van der Waals surface area contributed by atoms with Gasteiger partial charge in [0, 0.05) is 24.8 Å². The molecule has 0 amide bonds. The van der Waals surface area contributed by atoms with E-state index in [9.17, 15) is 0 Å². The molecule has 0 aromatic heterocycles. The molecular formula is C18H24N2O. The summed E-state index contributed by atoms with van der Waals surface area (Å²) in [6.07, 6.45) is 0. The summed E-state index contributed by atoms with van der Waals surface area (Å²) in [6, 6.07) is 16.5. The zero-order chi connectivity index (χ0) is 15.2. The highest BCUT2D eigenvalue weighted by molar-refractivity contribution is 5.48. The molecule has 1 atom stereocenters. The van der Waals surface area contributed by atoms with Crippen molar-refractivity contribution in [3.05, 3.63) is 59.7 Å². The molecule has 2 N–H and O–H groups in total. The Morgan fingerprint density at radius 2 is 1.67 bits per heavy atom. The predicted octanol–water partition coefficient (Wildman–Crippen LogP) is 3.53. The van der Waals surface area contributed by atoms with Crippen molar-refractivity contribution in [1.29, 1.82) is 0 Å². The predicted molar refractivity (Wildman–Crippen MR) is 89.0 cm³/mol. The Labute approximate surface area is 127 Å². The summed E-state index contributed by atoms with van der Waals surface area (Å²) < 4.78 is 5.18. The fraction of sp³-hybridized carbons (Fsp3) is 0.333. The molecule has 3 nitrogen and oxygen atoms in total. The average molecular weight is 284 g/mol. The Balaban J connectivity index is 2.08. The molecule has 21 heavy (non-hydrogen) atoms. The lowest BCUT2D eigenvalue weighted by atomic mass is 10.1. The fourth-order valence-corrected chi connectivity index (χ4v) is 2.37. The number of rotatable bonds is 6. The molecular weight excluding hydrogens is 260 g/mol. The van der Waals surface area contributed by atoms with E-state index in [2.05, 4.69) is 43.0 Å². The molecule has 1 unspecified atom stereocenters. The highest BCUT2D eigenvalue weighted by Crippen LogP contribution is 2.20. The monoisotopic (exact) mass is 284 g/mol. The van der Waals surface area contributed by atoms with Crippen LogP contribution >= 0.6 is 0 Å². The Morgan fingerprint density at radius 3 is 2.19 bits per heavy atom. The first-order chi connectivity index (χ1) is 10.1. The summed E-state index contributed by atoms with van der Waals surface area (Å²) in [6.45, 7) is 5.99. The van der Waals surface area contributed by atoms with Crippen LogP contribution in [0, 0.1) is 6.92 Å². The standard InChI is InChI=1S/C18H24N2O/c1-4-20(16-9-5-14(2)6-10-16)13-18(19)15-7-11-17(21-3)12-8-15/h5-12,18H,4,13,19H2,1-3H3. The summed E-state index contributed by atoms with van der Waals surface area (Å²) in [7, 11) is 1.67. The number of anilines is 1. The van der Waals surface area contributed by atoms with E-state index in [-0.39, 0.29) is 6.04 Å². The van der Waals surface area contributed by atoms with Gasteiger partial charge in [0.1, 0.15) is 5.75 Å². The Kier molecular flexibility index (Phi) is 5.23. The molecule has 2 rings (SSSR count). The van der Waals surface area contributed by atoms with Gasteiger partial charge in [0.2, 0.25) is 0 Å². The van der Waals surface area contributed by atoms with Crippen LogP contribution in [0.2, 0.25) is 0 Å². The molecule has 0 spiro atoms. The van der Waals surface area contributed by atoms with E-state index in [4.69, 9.17) is 10.5 Å². The second-order valence-electron chi connectivity index (χ2n) is 5.25. The smallest absolute Gasteiger partial charge is 0.118 e. The Hall–Kier alpha value is -2.00. The third-order valence-electron chi connectivity index (χ3n) is 3.74. The van der Waals surface area contributed by atoms with Crippen molar-refractivity contribution in [3.63, 3.8) is 0 Å². The highest BCUT2D eigenvalue weighted by atomic mass is 16.5. The van der Waals surface area contributed by atoms with Gasteiger partial charge in [-0.25, -0.2) is 0 Å². The third-order valence-corrected chi connectivity index (χ3v) is 3.74. The molecule has 0 radical (unpaired) electrons. The number of hydrogen-bond acceptors (Lipinski definition) is 3. The van der Waals surface area contributed by atoms with Crippen molar-refractivity contribution < 1.29 is 4.74 Å². The van der Waals surface area contributed by atoms with E-state index in [0.29, 0.717) is 0 Å². The van der Waals surface area contributed by atoms with Gasteiger partial charge in [-0.1, -0.05) is 29.8 Å². The SMILES string of the molecule is CCN(CC(N)c1ccc(OC)cc1)c1ccc(C)cc1. The van der Waals surface area contributed by atoms with Gasteiger partial charge in [0.15, 0.2) is 0 Å². The topological polar surface area (TPSA) is 38.5 Å². The van der Waals surface area contributed by atoms with E-state index in [1.165, 1.54) is 11.3 Å². The summed E-state index contributed by atoms with van der Waals surface area (Å²) in [5.41, 5.74) is 9.96. The lowest BCUT2D eigenvalue weighted by Crippen LogP contribution is -2.32. The Morgan fingerprint density at radius 1 is 1.05 bits per heavy atom. The summed E-state index contributed by atoms with van der Waals surface area (Å²) in [5.74, 6) is 0.858. The average Bonchev–Trinajstić information content (AvgIpc) is 2.53. The van der Waals surface area contributed by atoms with Gasteiger partial charge < -0.3 is 15.4 Å². The van der Waals surface area contributed by atoms with E-state index in [1.54, 1.807) is 7.11 Å². The summed E-state index contributed by atoms with van der Waals surface area (Å²) in [4.78, 5) is 2.30. The van der Waals surface area contributed by atoms with E-state index in [1.807, 2.05) is 24.3 Å². The number of nitrogens with zero attached hydrogens (tertiary/aromatic N) is 1. The van der Waals surface area contributed by atoms with Gasteiger partial charge >= 0.3 is 0 Å². The van der Waals surface area contributed by atoms with Crippen molar-refractivity contribution in [1.82, 2.24) is 0 Å². The van der Waals surface area contributed by atoms with Crippen LogP contribution in [0.25, 0.3) is 0 Å². The minimum Gasteiger partial charge on any atom is -0.497 e. The maximum absolute atomic E-state index is 6.35. The molecule has 2 aromatic carbocycles. The largest absolute Gasteiger partial charge is 0.497 e. The molecule has 0 saturated carbocycles. The van der Waals surface area contributed by atoms with Crippen LogP contribution in [0.1, 0.15) is 24.1 Å². The number of methoxy groups -OCH3 is 1. The number of aryl methyl sites for hydroxylation is 1. The van der Waals surface area contributed by atoms with Crippen LogP contribution < -0.4 is 15.4 Å². The molecule has 0 heterocycles. The number of ether oxygens (including phenoxy) is 1. The molecule has 0 fully saturated rings. The lowest BCUT2D eigenvalue weighted by molar-refractivity contribution is 0.414. The van der Waals surface area contributed by atoms with Crippen LogP contribution in [-0.2, 0) is 0 Å². The van der Waals surface area contributed by atoms with Gasteiger partial charge in [-0.3, -0.25) is 0 Å². The number of likely N-dealkylation sites (N-methyl/N-ethyl adjacent to an activating group) is 1. The molecule has 0 aliphatic carbocycles. The first-order valence-corrected chi connectivity index (χ1v) is 7.35. The Bertz CT molecular complexity index is 548. The number of benzene rings is 2. The second-order valence-corrected chi connectivity index (χ2v) is 5.25. The van der Waals surface area contributed by atoms with Gasteiger partial charge in [-0.05, 0) is 43.7 Å². The van der Waals surface area contributed by atoms with Crippen molar-refractivity contribution in [2.24, 2.45) is 5.73 Å². The number of hydrogen-bond donors (Lipinski definition) is 1. The van der Waals surface area contributed by atoms with Gasteiger partial charge in [-0.2, -0.15) is 0 Å². The molecule has 0 aliphatic rings. The zero-order valence-electron chi connectivity index (χ0n) is 13.0. The van der Waals surface area contributed by atoms with Crippen molar-refractivity contribution in [3.8, 4) is 5.75 Å². The summed E-state index contributed by atoms with van der Waals surface area (Å²) >= 11 is 0. The fourth-order valence-electron chi connectivity index (χ4n) is 2.37. The minimum absolute atomic E-state index is 0.0165. The maximum Gasteiger partial charge on any atom is 0.118 e. The molecule has 3 heteroatoms. The van der Waals surface area contributed by atoms with Crippen LogP contribution in [0.5, 0.6) is 5.75 Å². The van der Waals surface area contributed by atoms with Crippen LogP contribution in [-0.4, -0.2) is 20.2 Å². The molecule has 0 aliphatic heterocycles. The van der Waals surface area contributed by atoms with Crippen molar-refractivity contribution >= 4 is 5.69 Å². The van der Waals surface area contributed by atoms with Crippen molar-refractivity contribution in [2.45, 2.75) is 19.9 Å². The van der Waals surface area contributed by atoms with Crippen LogP contribution in [0.4, 0.5) is 5.69 Å². The lowest BCUT2D eigenvalue weighted by Gasteiger charge is -2.27. The second kappa shape index (κ2) is 7.14.